The molecule has 1 N–H and O–H groups in total. The van der Waals surface area contributed by atoms with Crippen molar-refractivity contribution in [1.29, 1.82) is 0 Å². The lowest BCUT2D eigenvalue weighted by molar-refractivity contribution is 0.130. The number of urea groups is 1. The predicted molar refractivity (Wildman–Crippen MR) is 101 cm³/mol. The van der Waals surface area contributed by atoms with Crippen molar-refractivity contribution in [2.24, 2.45) is 5.92 Å². The number of nitrogens with zero attached hydrogens (tertiary/aromatic N) is 2. The van der Waals surface area contributed by atoms with E-state index in [-0.39, 0.29) is 12.1 Å². The summed E-state index contributed by atoms with van der Waals surface area (Å²) >= 11 is 0. The number of hydrogen-bond acceptors (Lipinski definition) is 4. The van der Waals surface area contributed by atoms with Gasteiger partial charge in [0.2, 0.25) is 0 Å². The van der Waals surface area contributed by atoms with Crippen LogP contribution in [0.25, 0.3) is 0 Å². The highest BCUT2D eigenvalue weighted by atomic mass is 16.5. The first-order valence-corrected chi connectivity index (χ1v) is 9.53. The second kappa shape index (κ2) is 8.39. The van der Waals surface area contributed by atoms with Gasteiger partial charge in [0.05, 0.1) is 25.5 Å². The van der Waals surface area contributed by atoms with Crippen LogP contribution in [0.2, 0.25) is 0 Å². The molecule has 0 radical (unpaired) electrons. The van der Waals surface area contributed by atoms with Crippen LogP contribution in [0, 0.1) is 5.92 Å². The van der Waals surface area contributed by atoms with Crippen LogP contribution in [-0.4, -0.2) is 41.7 Å². The van der Waals surface area contributed by atoms with Crippen molar-refractivity contribution in [3.63, 3.8) is 0 Å². The second-order valence-electron chi connectivity index (χ2n) is 7.12. The number of piperidine rings is 1. The molecule has 0 unspecified atom stereocenters. The number of nitrogens with one attached hydrogen (secondary N) is 1. The Morgan fingerprint density at radius 3 is 3.04 bits per heavy atom. The maximum Gasteiger partial charge on any atom is 0.318 e. The summed E-state index contributed by atoms with van der Waals surface area (Å²) in [4.78, 5) is 18.8. The van der Waals surface area contributed by atoms with Gasteiger partial charge in [-0.3, -0.25) is 4.98 Å². The highest BCUT2D eigenvalue weighted by molar-refractivity contribution is 5.74. The zero-order valence-corrected chi connectivity index (χ0v) is 15.3. The molecule has 6 nitrogen and oxygen atoms in total. The van der Waals surface area contributed by atoms with Gasteiger partial charge in [0.15, 0.2) is 0 Å². The van der Waals surface area contributed by atoms with Gasteiger partial charge >= 0.3 is 6.03 Å². The molecule has 4 rings (SSSR count). The fourth-order valence-electron chi connectivity index (χ4n) is 3.84. The summed E-state index contributed by atoms with van der Waals surface area (Å²) in [5.41, 5.74) is 2.02. The SMILES string of the molecule is O=C(NCc1ccncc1OCc1ccccc1)N1CCC[C@@H]2COC[C@@H]21. The van der Waals surface area contributed by atoms with Crippen molar-refractivity contribution in [3.05, 3.63) is 59.9 Å². The minimum absolute atomic E-state index is 0.0268. The molecule has 0 aliphatic carbocycles. The number of aromatic nitrogens is 1. The maximum atomic E-state index is 12.7. The Bertz CT molecular complexity index is 768. The van der Waals surface area contributed by atoms with Crippen LogP contribution in [0.1, 0.15) is 24.0 Å². The molecule has 27 heavy (non-hydrogen) atoms. The van der Waals surface area contributed by atoms with E-state index in [1.165, 1.54) is 0 Å². The highest BCUT2D eigenvalue weighted by Crippen LogP contribution is 2.29. The monoisotopic (exact) mass is 367 g/mol. The Labute approximate surface area is 159 Å². The Morgan fingerprint density at radius 1 is 1.26 bits per heavy atom. The van der Waals surface area contributed by atoms with Crippen molar-refractivity contribution in [3.8, 4) is 5.75 Å². The number of benzene rings is 1. The number of hydrogen-bond donors (Lipinski definition) is 1. The molecule has 2 fully saturated rings. The molecule has 6 heteroatoms. The molecule has 2 aromatic rings. The van der Waals surface area contributed by atoms with Gasteiger partial charge in [-0.2, -0.15) is 0 Å². The van der Waals surface area contributed by atoms with E-state index in [0.717, 1.165) is 37.1 Å². The molecule has 3 heterocycles. The van der Waals surface area contributed by atoms with Gasteiger partial charge in [0, 0.05) is 30.8 Å². The molecule has 0 spiro atoms. The third-order valence-electron chi connectivity index (χ3n) is 5.34. The lowest BCUT2D eigenvalue weighted by atomic mass is 9.92. The van der Waals surface area contributed by atoms with Crippen molar-refractivity contribution in [2.45, 2.75) is 32.0 Å². The average Bonchev–Trinajstić information content (AvgIpc) is 3.21. The zero-order chi connectivity index (χ0) is 18.5. The minimum atomic E-state index is -0.0268. The zero-order valence-electron chi connectivity index (χ0n) is 15.3. The molecule has 2 aliphatic rings. The van der Waals surface area contributed by atoms with Gasteiger partial charge in [-0.05, 0) is 24.5 Å². The number of fused-ring (bicyclic) bond motifs is 1. The van der Waals surface area contributed by atoms with Crippen molar-refractivity contribution < 1.29 is 14.3 Å². The molecule has 2 aliphatic heterocycles. The van der Waals surface area contributed by atoms with Crippen molar-refractivity contribution >= 4 is 6.03 Å². The van der Waals surface area contributed by atoms with Gasteiger partial charge < -0.3 is 19.7 Å². The Hall–Kier alpha value is -2.60. The van der Waals surface area contributed by atoms with Crippen molar-refractivity contribution in [2.75, 3.05) is 19.8 Å². The van der Waals surface area contributed by atoms with E-state index in [1.54, 1.807) is 12.4 Å². The summed E-state index contributed by atoms with van der Waals surface area (Å²) in [6, 6.07) is 12.1. The number of pyridine rings is 1. The minimum Gasteiger partial charge on any atom is -0.487 e. The summed E-state index contributed by atoms with van der Waals surface area (Å²) in [7, 11) is 0. The molecule has 2 saturated heterocycles. The number of carbonyl (C=O) groups excluding carboxylic acids is 1. The third kappa shape index (κ3) is 4.22. The lowest BCUT2D eigenvalue weighted by Gasteiger charge is -2.36. The largest absolute Gasteiger partial charge is 0.487 e. The Balaban J connectivity index is 1.36. The first kappa shape index (κ1) is 17.8. The smallest absolute Gasteiger partial charge is 0.318 e. The van der Waals surface area contributed by atoms with E-state index < -0.39 is 0 Å². The van der Waals surface area contributed by atoms with E-state index in [1.807, 2.05) is 41.3 Å². The Kier molecular flexibility index (Phi) is 5.53. The molecule has 142 valence electrons. The average molecular weight is 367 g/mol. The van der Waals surface area contributed by atoms with Crippen LogP contribution in [0.5, 0.6) is 5.75 Å². The first-order chi connectivity index (χ1) is 13.3. The van der Waals surface area contributed by atoms with Crippen LogP contribution >= 0.6 is 0 Å². The van der Waals surface area contributed by atoms with Gasteiger partial charge in [-0.25, -0.2) is 4.79 Å². The van der Waals surface area contributed by atoms with Gasteiger partial charge in [0.1, 0.15) is 12.4 Å². The highest BCUT2D eigenvalue weighted by Gasteiger charge is 2.38. The molecule has 1 aromatic carbocycles. The summed E-state index contributed by atoms with van der Waals surface area (Å²) < 4.78 is 11.5. The topological polar surface area (TPSA) is 63.7 Å². The van der Waals surface area contributed by atoms with E-state index >= 15 is 0 Å². The van der Waals surface area contributed by atoms with Gasteiger partial charge in [-0.1, -0.05) is 30.3 Å². The predicted octanol–water partition coefficient (Wildman–Crippen LogP) is 2.98. The van der Waals surface area contributed by atoms with Crippen LogP contribution < -0.4 is 10.1 Å². The van der Waals surface area contributed by atoms with Crippen LogP contribution in [-0.2, 0) is 17.9 Å². The van der Waals surface area contributed by atoms with Crippen LogP contribution in [0.15, 0.2) is 48.8 Å². The molecular formula is C21H25N3O3. The molecule has 1 aromatic heterocycles. The second-order valence-corrected chi connectivity index (χ2v) is 7.12. The summed E-state index contributed by atoms with van der Waals surface area (Å²) in [5.74, 6) is 1.18. The van der Waals surface area contributed by atoms with E-state index in [2.05, 4.69) is 10.3 Å². The normalized spacial score (nSPS) is 21.6. The first-order valence-electron chi connectivity index (χ1n) is 9.53. The molecule has 2 amide bonds. The molecular weight excluding hydrogens is 342 g/mol. The van der Waals surface area contributed by atoms with Crippen LogP contribution in [0.4, 0.5) is 4.79 Å². The number of rotatable bonds is 5. The fraction of sp³-hybridized carbons (Fsp3) is 0.429. The molecule has 0 bridgehead atoms. The van der Waals surface area contributed by atoms with Gasteiger partial charge in [-0.15, -0.1) is 0 Å². The number of likely N-dealkylation sites (tertiary alicyclic amines) is 1. The Morgan fingerprint density at radius 2 is 2.15 bits per heavy atom. The van der Waals surface area contributed by atoms with Crippen LogP contribution in [0.3, 0.4) is 0 Å². The van der Waals surface area contributed by atoms with Crippen molar-refractivity contribution in [1.82, 2.24) is 15.2 Å². The number of carbonyl (C=O) groups is 1. The number of ether oxygens (including phenoxy) is 2. The maximum absolute atomic E-state index is 12.7. The number of amides is 2. The molecule has 2 atom stereocenters. The van der Waals surface area contributed by atoms with E-state index in [4.69, 9.17) is 9.47 Å². The standard InChI is InChI=1S/C21H25N3O3/c25-21(24-10-4-7-18-14-26-15-19(18)24)23-11-17-8-9-22-12-20(17)27-13-16-5-2-1-3-6-16/h1-3,5-6,8-9,12,18-19H,4,7,10-11,13-15H2,(H,23,25)/t18-,19+/m1/s1. The van der Waals surface area contributed by atoms with E-state index in [0.29, 0.717) is 31.4 Å². The third-order valence-corrected chi connectivity index (χ3v) is 5.34. The van der Waals surface area contributed by atoms with Gasteiger partial charge in [0.25, 0.3) is 0 Å². The summed E-state index contributed by atoms with van der Waals surface area (Å²) in [6.07, 6.45) is 5.61. The van der Waals surface area contributed by atoms with E-state index in [9.17, 15) is 4.79 Å². The lowest BCUT2D eigenvalue weighted by Crippen LogP contribution is -2.51. The summed E-state index contributed by atoms with van der Waals surface area (Å²) in [6.45, 7) is 3.11. The molecule has 0 saturated carbocycles. The summed E-state index contributed by atoms with van der Waals surface area (Å²) in [5, 5.41) is 3.04. The fourth-order valence-corrected chi connectivity index (χ4v) is 3.84. The quantitative estimate of drug-likeness (QED) is 0.882.